The van der Waals surface area contributed by atoms with Crippen molar-refractivity contribution in [3.63, 3.8) is 0 Å². The Morgan fingerprint density at radius 2 is 1.92 bits per heavy atom. The second kappa shape index (κ2) is 10.4. The molecule has 0 unspecified atom stereocenters. The van der Waals surface area contributed by atoms with E-state index in [1.807, 2.05) is 83.9 Å². The molecule has 190 valence electrons. The normalized spacial score (nSPS) is 12.0. The zero-order valence-electron chi connectivity index (χ0n) is 21.0. The Labute approximate surface area is 227 Å². The number of hydrogen-bond donors (Lipinski definition) is 0. The highest BCUT2D eigenvalue weighted by Crippen LogP contribution is 2.29. The minimum atomic E-state index is -0.186. The molecule has 0 bridgehead atoms. The molecular weight excluding hydrogens is 514 g/mol. The summed E-state index contributed by atoms with van der Waals surface area (Å²) in [7, 11) is 0. The van der Waals surface area contributed by atoms with Gasteiger partial charge in [-0.3, -0.25) is 4.79 Å². The number of benzene rings is 2. The first-order valence-corrected chi connectivity index (χ1v) is 14.1. The number of hydrogen-bond acceptors (Lipinski definition) is 7. The summed E-state index contributed by atoms with van der Waals surface area (Å²) in [5.74, 6) is 1.45. The van der Waals surface area contributed by atoms with Crippen molar-refractivity contribution in [3.8, 4) is 33.4 Å². The van der Waals surface area contributed by atoms with Gasteiger partial charge in [0.25, 0.3) is 5.56 Å². The number of aromatic nitrogens is 5. The SMILES string of the molecule is CCCCOc1ccc(-c2nn(-c3ccccc3)cc2/C=c2\sc3nc(-c4cccs4)nn3c2=O)cc1C. The predicted octanol–water partition coefficient (Wildman–Crippen LogP) is 5.77. The van der Waals surface area contributed by atoms with Crippen LogP contribution in [0, 0.1) is 6.92 Å². The van der Waals surface area contributed by atoms with Gasteiger partial charge in [0.2, 0.25) is 4.96 Å². The van der Waals surface area contributed by atoms with E-state index in [1.54, 1.807) is 11.3 Å². The van der Waals surface area contributed by atoms with Crippen LogP contribution in [-0.2, 0) is 0 Å². The average molecular weight is 540 g/mol. The first-order chi connectivity index (χ1) is 18.6. The summed E-state index contributed by atoms with van der Waals surface area (Å²) >= 11 is 2.88. The summed E-state index contributed by atoms with van der Waals surface area (Å²) in [6, 6.07) is 20.0. The number of fused-ring (bicyclic) bond motifs is 1. The summed E-state index contributed by atoms with van der Waals surface area (Å²) in [5, 5.41) is 11.4. The average Bonchev–Trinajstić information content (AvgIpc) is 3.72. The van der Waals surface area contributed by atoms with Crippen LogP contribution in [0.2, 0.25) is 0 Å². The van der Waals surface area contributed by atoms with Gasteiger partial charge in [-0.15, -0.1) is 16.4 Å². The van der Waals surface area contributed by atoms with E-state index in [-0.39, 0.29) is 5.56 Å². The molecule has 4 heterocycles. The molecule has 0 radical (unpaired) electrons. The fraction of sp³-hybridized carbons (Fsp3) is 0.172. The summed E-state index contributed by atoms with van der Waals surface area (Å²) in [6.45, 7) is 4.90. The van der Waals surface area contributed by atoms with Crippen LogP contribution in [0.25, 0.3) is 38.7 Å². The van der Waals surface area contributed by atoms with E-state index >= 15 is 0 Å². The third kappa shape index (κ3) is 4.66. The van der Waals surface area contributed by atoms with Crippen molar-refractivity contribution < 1.29 is 4.74 Å². The Morgan fingerprint density at radius 3 is 2.66 bits per heavy atom. The largest absolute Gasteiger partial charge is 0.493 e. The molecule has 0 fully saturated rings. The van der Waals surface area contributed by atoms with Gasteiger partial charge in [-0.25, -0.2) is 4.68 Å². The third-order valence-corrected chi connectivity index (χ3v) is 8.00. The fourth-order valence-corrected chi connectivity index (χ4v) is 5.75. The number of aryl methyl sites for hydroxylation is 1. The maximum atomic E-state index is 13.3. The molecule has 9 heteroatoms. The molecule has 0 atom stereocenters. The van der Waals surface area contributed by atoms with Gasteiger partial charge in [0, 0.05) is 17.3 Å². The van der Waals surface area contributed by atoms with Crippen molar-refractivity contribution in [3.05, 3.63) is 98.3 Å². The molecular formula is C29H25N5O2S2. The van der Waals surface area contributed by atoms with Crippen molar-refractivity contribution in [2.24, 2.45) is 0 Å². The zero-order chi connectivity index (χ0) is 26.1. The van der Waals surface area contributed by atoms with Gasteiger partial charge < -0.3 is 4.74 Å². The molecule has 0 aliphatic carbocycles. The van der Waals surface area contributed by atoms with Crippen molar-refractivity contribution >= 4 is 33.7 Å². The molecule has 0 aliphatic rings. The van der Waals surface area contributed by atoms with E-state index in [4.69, 9.17) is 9.84 Å². The van der Waals surface area contributed by atoms with Crippen LogP contribution >= 0.6 is 22.7 Å². The summed E-state index contributed by atoms with van der Waals surface area (Å²) in [6.07, 6.45) is 5.95. The summed E-state index contributed by atoms with van der Waals surface area (Å²) < 4.78 is 9.75. The van der Waals surface area contributed by atoms with E-state index in [2.05, 4.69) is 23.1 Å². The van der Waals surface area contributed by atoms with E-state index in [9.17, 15) is 4.79 Å². The number of nitrogens with zero attached hydrogens (tertiary/aromatic N) is 5. The zero-order valence-corrected chi connectivity index (χ0v) is 22.6. The quantitative estimate of drug-likeness (QED) is 0.230. The highest BCUT2D eigenvalue weighted by Gasteiger charge is 2.16. The maximum absolute atomic E-state index is 13.3. The van der Waals surface area contributed by atoms with Crippen molar-refractivity contribution in [2.45, 2.75) is 26.7 Å². The molecule has 0 saturated heterocycles. The number of thiazole rings is 1. The second-order valence-corrected chi connectivity index (χ2v) is 10.9. The Kier molecular flexibility index (Phi) is 6.61. The van der Waals surface area contributed by atoms with Crippen molar-refractivity contribution in [1.82, 2.24) is 24.4 Å². The van der Waals surface area contributed by atoms with Crippen LogP contribution in [0.5, 0.6) is 5.75 Å². The molecule has 2 aromatic carbocycles. The topological polar surface area (TPSA) is 74.3 Å². The second-order valence-electron chi connectivity index (χ2n) is 8.92. The van der Waals surface area contributed by atoms with Gasteiger partial charge in [-0.05, 0) is 66.8 Å². The van der Waals surface area contributed by atoms with Crippen molar-refractivity contribution in [1.29, 1.82) is 0 Å². The van der Waals surface area contributed by atoms with E-state index in [1.165, 1.54) is 15.9 Å². The number of thiophene rings is 1. The lowest BCUT2D eigenvalue weighted by atomic mass is 10.0. The minimum Gasteiger partial charge on any atom is -0.493 e. The van der Waals surface area contributed by atoms with Gasteiger partial charge in [0.05, 0.1) is 21.7 Å². The lowest BCUT2D eigenvalue weighted by Crippen LogP contribution is -2.23. The molecule has 6 rings (SSSR count). The minimum absolute atomic E-state index is 0.186. The lowest BCUT2D eigenvalue weighted by Gasteiger charge is -2.10. The summed E-state index contributed by atoms with van der Waals surface area (Å²) in [5.41, 5.74) is 4.38. The first kappa shape index (κ1) is 24.3. The van der Waals surface area contributed by atoms with Crippen LogP contribution in [0.15, 0.2) is 77.0 Å². The molecule has 0 saturated carbocycles. The Balaban J connectivity index is 1.44. The number of ether oxygens (including phenoxy) is 1. The van der Waals surface area contributed by atoms with Crippen LogP contribution in [0.1, 0.15) is 30.9 Å². The third-order valence-electron chi connectivity index (χ3n) is 6.18. The summed E-state index contributed by atoms with van der Waals surface area (Å²) in [4.78, 5) is 19.4. The van der Waals surface area contributed by atoms with Gasteiger partial charge in [0.1, 0.15) is 11.4 Å². The van der Waals surface area contributed by atoms with Crippen LogP contribution < -0.4 is 14.8 Å². The lowest BCUT2D eigenvalue weighted by molar-refractivity contribution is 0.307. The van der Waals surface area contributed by atoms with Gasteiger partial charge in [-0.2, -0.15) is 14.6 Å². The Morgan fingerprint density at radius 1 is 1.05 bits per heavy atom. The molecule has 38 heavy (non-hydrogen) atoms. The number of unbranched alkanes of at least 4 members (excludes halogenated alkanes) is 1. The molecule has 4 aromatic heterocycles. The van der Waals surface area contributed by atoms with E-state index in [0.717, 1.165) is 51.5 Å². The molecule has 0 spiro atoms. The molecule has 0 aliphatic heterocycles. The molecule has 0 N–H and O–H groups in total. The van der Waals surface area contributed by atoms with E-state index in [0.29, 0.717) is 21.9 Å². The molecule has 7 nitrogen and oxygen atoms in total. The fourth-order valence-electron chi connectivity index (χ4n) is 4.20. The Hall–Kier alpha value is -4.08. The maximum Gasteiger partial charge on any atom is 0.291 e. The monoisotopic (exact) mass is 539 g/mol. The van der Waals surface area contributed by atoms with Crippen LogP contribution in [0.4, 0.5) is 0 Å². The van der Waals surface area contributed by atoms with Gasteiger partial charge in [-0.1, -0.05) is 48.9 Å². The first-order valence-electron chi connectivity index (χ1n) is 12.4. The Bertz CT molecular complexity index is 1820. The van der Waals surface area contributed by atoms with Crippen molar-refractivity contribution in [2.75, 3.05) is 6.61 Å². The molecule has 6 aromatic rings. The predicted molar refractivity (Wildman–Crippen MR) is 153 cm³/mol. The highest BCUT2D eigenvalue weighted by atomic mass is 32.1. The number of para-hydroxylation sites is 1. The standard InChI is InChI=1S/C29H25N5O2S2/c1-3-4-14-36-23-13-12-20(16-19(23)2)26-21(18-33(31-26)22-9-6-5-7-10-22)17-25-28(35)34-29(38-25)30-27(32-34)24-11-8-15-37-24/h5-13,15-18H,3-4,14H2,1-2H3/b25-17-. The molecule has 0 amide bonds. The van der Waals surface area contributed by atoms with Gasteiger partial charge in [0.15, 0.2) is 5.82 Å². The smallest absolute Gasteiger partial charge is 0.291 e. The number of rotatable bonds is 8. The van der Waals surface area contributed by atoms with Crippen LogP contribution in [0.3, 0.4) is 0 Å². The van der Waals surface area contributed by atoms with Crippen LogP contribution in [-0.4, -0.2) is 31.0 Å². The van der Waals surface area contributed by atoms with E-state index < -0.39 is 0 Å². The highest BCUT2D eigenvalue weighted by molar-refractivity contribution is 7.15. The van der Waals surface area contributed by atoms with Gasteiger partial charge >= 0.3 is 0 Å².